The summed E-state index contributed by atoms with van der Waals surface area (Å²) in [4.78, 5) is 34.8. The summed E-state index contributed by atoms with van der Waals surface area (Å²) >= 11 is 11.6. The van der Waals surface area contributed by atoms with Gasteiger partial charge in [0.1, 0.15) is 17.4 Å². The minimum Gasteiger partial charge on any atom is -0.410 e. The number of nitrogens with one attached hydrogen (secondary N) is 3. The van der Waals surface area contributed by atoms with Gasteiger partial charge in [0.25, 0.3) is 5.69 Å². The first-order chi connectivity index (χ1) is 26.3. The lowest BCUT2D eigenvalue weighted by Gasteiger charge is -2.26. The fourth-order valence-electron chi connectivity index (χ4n) is 4.32. The van der Waals surface area contributed by atoms with Crippen LogP contribution in [-0.4, -0.2) is 84.8 Å². The number of aliphatic hydroxyl groups is 2. The topological polar surface area (TPSA) is 176 Å². The molecule has 3 aromatic rings. The van der Waals surface area contributed by atoms with Gasteiger partial charge in [0.2, 0.25) is 0 Å². The summed E-state index contributed by atoms with van der Waals surface area (Å²) in [7, 11) is 3.40. The van der Waals surface area contributed by atoms with Gasteiger partial charge in [0.15, 0.2) is 0 Å². The Morgan fingerprint density at radius 2 is 1.42 bits per heavy atom. The van der Waals surface area contributed by atoms with E-state index in [1.807, 2.05) is 7.05 Å². The monoisotopic (exact) mass is 879 g/mol. The molecule has 1 aliphatic rings. The molecule has 1 heterocycles. The molecule has 4 rings (SSSR count). The van der Waals surface area contributed by atoms with E-state index in [0.717, 1.165) is 19.6 Å². The van der Waals surface area contributed by atoms with Gasteiger partial charge in [-0.1, -0.05) is 59.6 Å². The standard InChI is InChI=1S/C14H10ClFN2O4.C14H18ClFN2O2.C6H13NO.C4H8O.2H2S/c15-13-9(2-1-3-12(13)16)8-17-14(19)22-11-6-4-10(5-7-11)18(20)21;1-3-5-11(9-19)18(2)14(20)17-8-10-6-4-7-12(16)13(10)15;1-3-4-6(5-8)7-2;1-2-4-5-3-1;;/h1-7H,8H2,(H,17,19);3-4,6-7,11,19H,1,5,8-9H2,2H3,(H,17,20);3,6-8H,1,4-5H2,2H3;1-4H2;2*1H2/t;11-;6-;;;/m.00.../s1. The smallest absolute Gasteiger partial charge is 0.410 e. The second-order valence-corrected chi connectivity index (χ2v) is 12.3. The van der Waals surface area contributed by atoms with Crippen LogP contribution < -0.4 is 20.7 Å². The molecule has 0 aliphatic carbocycles. The van der Waals surface area contributed by atoms with Crippen LogP contribution in [0.15, 0.2) is 86.0 Å². The van der Waals surface area contributed by atoms with Crippen LogP contribution in [0.2, 0.25) is 10.0 Å². The van der Waals surface area contributed by atoms with Gasteiger partial charge in [-0.25, -0.2) is 18.4 Å². The molecular formula is C38H53Cl2F2N5O8S2. The zero-order chi connectivity index (χ0) is 41.2. The minimum absolute atomic E-state index is 0. The molecule has 1 aliphatic heterocycles. The number of hydrogen-bond donors (Lipinski definition) is 5. The van der Waals surface area contributed by atoms with Crippen molar-refractivity contribution in [1.29, 1.82) is 0 Å². The molecule has 1 saturated heterocycles. The van der Waals surface area contributed by atoms with Crippen molar-refractivity contribution in [2.24, 2.45) is 0 Å². The number of nitro benzene ring substituents is 1. The lowest BCUT2D eigenvalue weighted by atomic mass is 10.2. The number of benzene rings is 3. The quantitative estimate of drug-likeness (QED) is 0.0628. The van der Waals surface area contributed by atoms with Crippen molar-refractivity contribution < 1.29 is 43.0 Å². The van der Waals surface area contributed by atoms with Crippen LogP contribution in [0.25, 0.3) is 0 Å². The summed E-state index contributed by atoms with van der Waals surface area (Å²) in [5.41, 5.74) is 0.791. The third kappa shape index (κ3) is 22.0. The third-order valence-corrected chi connectivity index (χ3v) is 8.45. The summed E-state index contributed by atoms with van der Waals surface area (Å²) in [6.07, 6.45) is 6.51. The Hall–Kier alpha value is -3.94. The number of carbonyl (C=O) groups is 2. The Kier molecular flexibility index (Phi) is 31.0. The highest BCUT2D eigenvalue weighted by Crippen LogP contribution is 2.21. The zero-order valence-corrected chi connectivity index (χ0v) is 35.3. The molecule has 0 bridgehead atoms. The van der Waals surface area contributed by atoms with Gasteiger partial charge in [-0.15, -0.1) is 13.2 Å². The van der Waals surface area contributed by atoms with Crippen LogP contribution in [0.5, 0.6) is 5.75 Å². The van der Waals surface area contributed by atoms with Crippen molar-refractivity contribution in [2.45, 2.75) is 50.9 Å². The van der Waals surface area contributed by atoms with Gasteiger partial charge in [-0.05, 0) is 68.1 Å². The van der Waals surface area contributed by atoms with Crippen molar-refractivity contribution in [1.82, 2.24) is 20.9 Å². The van der Waals surface area contributed by atoms with E-state index >= 15 is 0 Å². The molecule has 0 radical (unpaired) electrons. The Labute approximate surface area is 356 Å². The number of hydrogen-bond acceptors (Lipinski definition) is 9. The van der Waals surface area contributed by atoms with E-state index in [-0.39, 0.29) is 92.9 Å². The highest BCUT2D eigenvalue weighted by molar-refractivity contribution is 7.59. The Balaban J connectivity index is 0. The predicted octanol–water partition coefficient (Wildman–Crippen LogP) is 7.40. The van der Waals surface area contributed by atoms with E-state index < -0.39 is 22.7 Å². The van der Waals surface area contributed by atoms with Crippen LogP contribution in [0, 0.1) is 21.7 Å². The highest BCUT2D eigenvalue weighted by atomic mass is 35.5. The average Bonchev–Trinajstić information content (AvgIpc) is 3.78. The zero-order valence-electron chi connectivity index (χ0n) is 31.8. The molecule has 318 valence electrons. The van der Waals surface area contributed by atoms with E-state index in [0.29, 0.717) is 17.5 Å². The van der Waals surface area contributed by atoms with Gasteiger partial charge >= 0.3 is 12.1 Å². The molecule has 0 aromatic heterocycles. The number of aliphatic hydroxyl groups excluding tert-OH is 2. The van der Waals surface area contributed by atoms with Crippen LogP contribution >= 0.6 is 50.2 Å². The van der Waals surface area contributed by atoms with Gasteiger partial charge in [-0.2, -0.15) is 27.0 Å². The van der Waals surface area contributed by atoms with Gasteiger partial charge in [0.05, 0.1) is 34.2 Å². The van der Waals surface area contributed by atoms with E-state index in [2.05, 4.69) is 29.1 Å². The number of halogens is 4. The Morgan fingerprint density at radius 3 is 1.81 bits per heavy atom. The number of ether oxygens (including phenoxy) is 2. The molecule has 2 atom stereocenters. The maximum absolute atomic E-state index is 13.2. The Bertz CT molecular complexity index is 1640. The van der Waals surface area contributed by atoms with Crippen molar-refractivity contribution >= 4 is 68.0 Å². The largest absolute Gasteiger partial charge is 0.412 e. The summed E-state index contributed by atoms with van der Waals surface area (Å²) in [6, 6.07) is 13.2. The van der Waals surface area contributed by atoms with Crippen molar-refractivity contribution in [2.75, 3.05) is 40.5 Å². The highest BCUT2D eigenvalue weighted by Gasteiger charge is 2.18. The van der Waals surface area contributed by atoms with Gasteiger partial charge in [-0.3, -0.25) is 10.1 Å². The van der Waals surface area contributed by atoms with Crippen LogP contribution in [0.4, 0.5) is 24.1 Å². The molecule has 13 nitrogen and oxygen atoms in total. The molecule has 19 heteroatoms. The first-order valence-corrected chi connectivity index (χ1v) is 17.8. The minimum atomic E-state index is -0.783. The number of nitrogens with zero attached hydrogens (tertiary/aromatic N) is 2. The summed E-state index contributed by atoms with van der Waals surface area (Å²) in [5.74, 6) is -0.954. The SMILES string of the molecule is C1CCOC1.C=CC[C@@H](CO)N(C)C(=O)NCc1cccc(F)c1Cl.C=CC[C@@H](CO)NC.O=C(NCc1cccc(F)c1Cl)Oc1ccc([N+](=O)[O-])cc1.S.S. The first-order valence-electron chi connectivity index (χ1n) is 17.1. The predicted molar refractivity (Wildman–Crippen MR) is 230 cm³/mol. The molecule has 3 amide bonds. The number of urea groups is 1. The fourth-order valence-corrected chi connectivity index (χ4v) is 4.71. The third-order valence-electron chi connectivity index (χ3n) is 7.60. The maximum atomic E-state index is 13.2. The molecule has 5 N–H and O–H groups in total. The second-order valence-electron chi connectivity index (χ2n) is 11.6. The second kappa shape index (κ2) is 32.1. The number of amides is 3. The van der Waals surface area contributed by atoms with E-state index in [1.165, 1.54) is 66.3 Å². The van der Waals surface area contributed by atoms with Crippen molar-refractivity contribution in [3.63, 3.8) is 0 Å². The molecular weight excluding hydrogens is 827 g/mol. The number of likely N-dealkylation sites (N-methyl/N-ethyl adjacent to an activating group) is 2. The number of nitro groups is 1. The maximum Gasteiger partial charge on any atom is 0.412 e. The summed E-state index contributed by atoms with van der Waals surface area (Å²) < 4.78 is 36.3. The Morgan fingerprint density at radius 1 is 0.912 bits per heavy atom. The number of rotatable bonds is 14. The summed E-state index contributed by atoms with van der Waals surface area (Å²) in [5, 5.41) is 36.1. The number of carbonyl (C=O) groups excluding carboxylic acids is 2. The average molecular weight is 881 g/mol. The molecule has 0 unspecified atom stereocenters. The first kappa shape index (κ1) is 55.2. The summed E-state index contributed by atoms with van der Waals surface area (Å²) in [6.45, 7) is 9.25. The normalized spacial score (nSPS) is 12.0. The van der Waals surface area contributed by atoms with E-state index in [1.54, 1.807) is 31.3 Å². The molecule has 0 saturated carbocycles. The van der Waals surface area contributed by atoms with Crippen molar-refractivity contribution in [3.8, 4) is 5.75 Å². The molecule has 57 heavy (non-hydrogen) atoms. The number of non-ortho nitro benzene ring substituents is 1. The van der Waals surface area contributed by atoms with Crippen LogP contribution in [-0.2, 0) is 17.8 Å². The van der Waals surface area contributed by atoms with Gasteiger partial charge in [0, 0.05) is 51.5 Å². The van der Waals surface area contributed by atoms with Crippen LogP contribution in [0.1, 0.15) is 36.8 Å². The molecule has 0 spiro atoms. The lowest BCUT2D eigenvalue weighted by Crippen LogP contribution is -2.44. The van der Waals surface area contributed by atoms with Crippen LogP contribution in [0.3, 0.4) is 0 Å². The van der Waals surface area contributed by atoms with E-state index in [9.17, 15) is 33.6 Å². The van der Waals surface area contributed by atoms with E-state index in [4.69, 9.17) is 37.8 Å². The van der Waals surface area contributed by atoms with Crippen molar-refractivity contribution in [3.05, 3.63) is 129 Å². The molecule has 3 aromatic carbocycles. The lowest BCUT2D eigenvalue weighted by molar-refractivity contribution is -0.384. The fraction of sp³-hybridized carbons (Fsp3) is 0.368. The van der Waals surface area contributed by atoms with Gasteiger partial charge < -0.3 is 40.5 Å². The molecule has 1 fully saturated rings.